The zero-order chi connectivity index (χ0) is 12.4. The second-order valence-corrected chi connectivity index (χ2v) is 4.71. The molecule has 1 unspecified atom stereocenters. The highest BCUT2D eigenvalue weighted by molar-refractivity contribution is 6.35. The maximum absolute atomic E-state index is 10.2. The van der Waals surface area contributed by atoms with E-state index in [1.54, 1.807) is 30.6 Å². The zero-order valence-electron chi connectivity index (χ0n) is 9.19. The molecule has 0 fully saturated rings. The molecule has 0 aliphatic heterocycles. The molecule has 0 aliphatic carbocycles. The van der Waals surface area contributed by atoms with Gasteiger partial charge in [0.05, 0.1) is 0 Å². The molecule has 17 heavy (non-hydrogen) atoms. The number of aliphatic hydroxyl groups is 1. The molecule has 1 heterocycles. The Morgan fingerprint density at radius 3 is 2.59 bits per heavy atom. The van der Waals surface area contributed by atoms with Crippen LogP contribution in [0.15, 0.2) is 36.7 Å². The molecule has 88 valence electrons. The van der Waals surface area contributed by atoms with Gasteiger partial charge in [0.1, 0.15) is 6.10 Å². The van der Waals surface area contributed by atoms with Crippen molar-refractivity contribution >= 4 is 23.2 Å². The molecular formula is C13H11Cl2NO. The standard InChI is InChI=1S/C13H11Cl2NO/c1-8-4-9(7-16-6-8)13(17)11-3-2-10(14)5-12(11)15/h2-7,13,17H,1H3. The molecule has 0 spiro atoms. The fourth-order valence-electron chi connectivity index (χ4n) is 1.63. The molecule has 1 aromatic heterocycles. The van der Waals surface area contributed by atoms with E-state index in [9.17, 15) is 5.11 Å². The van der Waals surface area contributed by atoms with E-state index in [0.717, 1.165) is 5.56 Å². The van der Waals surface area contributed by atoms with E-state index >= 15 is 0 Å². The molecule has 1 atom stereocenters. The van der Waals surface area contributed by atoms with Crippen molar-refractivity contribution in [2.75, 3.05) is 0 Å². The van der Waals surface area contributed by atoms with Gasteiger partial charge in [0.25, 0.3) is 0 Å². The summed E-state index contributed by atoms with van der Waals surface area (Å²) in [4.78, 5) is 4.05. The van der Waals surface area contributed by atoms with E-state index in [4.69, 9.17) is 23.2 Å². The molecule has 0 saturated carbocycles. The number of aliphatic hydroxyl groups excluding tert-OH is 1. The smallest absolute Gasteiger partial charge is 0.107 e. The Hall–Kier alpha value is -1.09. The fraction of sp³-hybridized carbons (Fsp3) is 0.154. The monoisotopic (exact) mass is 267 g/mol. The molecule has 1 N–H and O–H groups in total. The van der Waals surface area contributed by atoms with Crippen LogP contribution in [0.25, 0.3) is 0 Å². The van der Waals surface area contributed by atoms with Gasteiger partial charge in [-0.1, -0.05) is 35.3 Å². The van der Waals surface area contributed by atoms with Crippen LogP contribution in [-0.4, -0.2) is 10.1 Å². The van der Waals surface area contributed by atoms with Gasteiger partial charge >= 0.3 is 0 Å². The fourth-order valence-corrected chi connectivity index (χ4v) is 2.14. The summed E-state index contributed by atoms with van der Waals surface area (Å²) in [7, 11) is 0. The molecular weight excluding hydrogens is 257 g/mol. The number of pyridine rings is 1. The summed E-state index contributed by atoms with van der Waals surface area (Å²) in [5, 5.41) is 11.2. The highest BCUT2D eigenvalue weighted by atomic mass is 35.5. The zero-order valence-corrected chi connectivity index (χ0v) is 10.7. The van der Waals surface area contributed by atoms with E-state index in [1.807, 2.05) is 13.0 Å². The predicted molar refractivity (Wildman–Crippen MR) is 69.5 cm³/mol. The maximum atomic E-state index is 10.2. The van der Waals surface area contributed by atoms with Crippen molar-refractivity contribution in [3.63, 3.8) is 0 Å². The Bertz CT molecular complexity index is 543. The van der Waals surface area contributed by atoms with E-state index in [0.29, 0.717) is 21.2 Å². The SMILES string of the molecule is Cc1cncc(C(O)c2ccc(Cl)cc2Cl)c1. The van der Waals surface area contributed by atoms with Crippen molar-refractivity contribution in [3.05, 3.63) is 63.4 Å². The normalized spacial score (nSPS) is 12.5. The first-order valence-electron chi connectivity index (χ1n) is 5.12. The molecule has 0 radical (unpaired) electrons. The minimum atomic E-state index is -0.785. The summed E-state index contributed by atoms with van der Waals surface area (Å²) < 4.78 is 0. The molecule has 0 aliphatic rings. The molecule has 0 amide bonds. The molecule has 2 aromatic rings. The largest absolute Gasteiger partial charge is 0.384 e. The van der Waals surface area contributed by atoms with Gasteiger partial charge in [-0.15, -0.1) is 0 Å². The summed E-state index contributed by atoms with van der Waals surface area (Å²) in [6.07, 6.45) is 2.58. The van der Waals surface area contributed by atoms with Crippen molar-refractivity contribution in [3.8, 4) is 0 Å². The van der Waals surface area contributed by atoms with Crippen molar-refractivity contribution in [2.45, 2.75) is 13.0 Å². The van der Waals surface area contributed by atoms with E-state index in [1.165, 1.54) is 0 Å². The minimum Gasteiger partial charge on any atom is -0.384 e. The van der Waals surface area contributed by atoms with Crippen LogP contribution in [-0.2, 0) is 0 Å². The number of aromatic nitrogens is 1. The van der Waals surface area contributed by atoms with Crippen molar-refractivity contribution in [1.82, 2.24) is 4.98 Å². The average molecular weight is 268 g/mol. The Balaban J connectivity index is 2.40. The third-order valence-corrected chi connectivity index (χ3v) is 3.03. The van der Waals surface area contributed by atoms with Crippen LogP contribution in [0.4, 0.5) is 0 Å². The predicted octanol–water partition coefficient (Wildman–Crippen LogP) is 3.78. The summed E-state index contributed by atoms with van der Waals surface area (Å²) in [5.41, 5.74) is 2.34. The molecule has 2 rings (SSSR count). The highest BCUT2D eigenvalue weighted by Crippen LogP contribution is 2.30. The van der Waals surface area contributed by atoms with Gasteiger partial charge in [-0.05, 0) is 24.6 Å². The number of hydrogen-bond acceptors (Lipinski definition) is 2. The van der Waals surface area contributed by atoms with Crippen molar-refractivity contribution in [1.29, 1.82) is 0 Å². The van der Waals surface area contributed by atoms with Crippen LogP contribution in [0.1, 0.15) is 22.8 Å². The van der Waals surface area contributed by atoms with Crippen LogP contribution < -0.4 is 0 Å². The van der Waals surface area contributed by atoms with Crippen LogP contribution >= 0.6 is 23.2 Å². The maximum Gasteiger partial charge on any atom is 0.107 e. The molecule has 4 heteroatoms. The van der Waals surface area contributed by atoms with Crippen molar-refractivity contribution < 1.29 is 5.11 Å². The highest BCUT2D eigenvalue weighted by Gasteiger charge is 2.14. The Kier molecular flexibility index (Phi) is 3.67. The number of aryl methyl sites for hydroxylation is 1. The van der Waals surface area contributed by atoms with E-state index in [-0.39, 0.29) is 0 Å². The first kappa shape index (κ1) is 12.4. The van der Waals surface area contributed by atoms with Gasteiger partial charge in [-0.3, -0.25) is 4.98 Å². The molecule has 1 aromatic carbocycles. The molecule has 0 saturated heterocycles. The van der Waals surface area contributed by atoms with E-state index in [2.05, 4.69) is 4.98 Å². The average Bonchev–Trinajstić information content (AvgIpc) is 2.28. The lowest BCUT2D eigenvalue weighted by Crippen LogP contribution is -2.01. The van der Waals surface area contributed by atoms with Crippen molar-refractivity contribution in [2.24, 2.45) is 0 Å². The van der Waals surface area contributed by atoms with Gasteiger partial charge < -0.3 is 5.11 Å². The number of benzene rings is 1. The van der Waals surface area contributed by atoms with E-state index < -0.39 is 6.10 Å². The van der Waals surface area contributed by atoms with Gasteiger partial charge in [0.2, 0.25) is 0 Å². The minimum absolute atomic E-state index is 0.450. The summed E-state index contributed by atoms with van der Waals surface area (Å²) in [6.45, 7) is 1.92. The third-order valence-electron chi connectivity index (χ3n) is 2.47. The summed E-state index contributed by atoms with van der Waals surface area (Å²) in [6, 6.07) is 6.92. The van der Waals surface area contributed by atoms with Crippen LogP contribution in [0.3, 0.4) is 0 Å². The Labute approximate surface area is 110 Å². The number of hydrogen-bond donors (Lipinski definition) is 1. The number of nitrogens with zero attached hydrogens (tertiary/aromatic N) is 1. The molecule has 0 bridgehead atoms. The first-order valence-corrected chi connectivity index (χ1v) is 5.88. The Morgan fingerprint density at radius 2 is 1.94 bits per heavy atom. The topological polar surface area (TPSA) is 33.1 Å². The lowest BCUT2D eigenvalue weighted by atomic mass is 10.0. The lowest BCUT2D eigenvalue weighted by molar-refractivity contribution is 0.220. The lowest BCUT2D eigenvalue weighted by Gasteiger charge is -2.13. The van der Waals surface area contributed by atoms with Crippen LogP contribution in [0, 0.1) is 6.92 Å². The third kappa shape index (κ3) is 2.78. The quantitative estimate of drug-likeness (QED) is 0.899. The first-order chi connectivity index (χ1) is 8.08. The second kappa shape index (κ2) is 5.05. The second-order valence-electron chi connectivity index (χ2n) is 3.86. The number of rotatable bonds is 2. The van der Waals surface area contributed by atoms with Gasteiger partial charge in [-0.2, -0.15) is 0 Å². The Morgan fingerprint density at radius 1 is 1.18 bits per heavy atom. The van der Waals surface area contributed by atoms with Crippen LogP contribution in [0.5, 0.6) is 0 Å². The summed E-state index contributed by atoms with van der Waals surface area (Å²) in [5.74, 6) is 0. The number of halogens is 2. The molecule has 2 nitrogen and oxygen atoms in total. The van der Waals surface area contributed by atoms with Gasteiger partial charge in [0, 0.05) is 33.6 Å². The summed E-state index contributed by atoms with van der Waals surface area (Å²) >= 11 is 11.9. The van der Waals surface area contributed by atoms with Crippen LogP contribution in [0.2, 0.25) is 10.0 Å². The van der Waals surface area contributed by atoms with Gasteiger partial charge in [-0.25, -0.2) is 0 Å². The van der Waals surface area contributed by atoms with Gasteiger partial charge in [0.15, 0.2) is 0 Å².